The van der Waals surface area contributed by atoms with Crippen molar-refractivity contribution in [3.63, 3.8) is 0 Å². The SMILES string of the molecule is CN(C)Cc1ccccc1CNC(=O)COc1ccccc1-c1ccccc1. The molecule has 3 aromatic carbocycles. The van der Waals surface area contributed by atoms with Gasteiger partial charge < -0.3 is 15.0 Å². The zero-order valence-corrected chi connectivity index (χ0v) is 16.4. The van der Waals surface area contributed by atoms with Crippen LogP contribution in [0, 0.1) is 0 Å². The van der Waals surface area contributed by atoms with E-state index in [2.05, 4.69) is 16.3 Å². The van der Waals surface area contributed by atoms with Gasteiger partial charge in [-0.1, -0.05) is 72.8 Å². The minimum atomic E-state index is -0.137. The Balaban J connectivity index is 1.59. The lowest BCUT2D eigenvalue weighted by molar-refractivity contribution is -0.123. The topological polar surface area (TPSA) is 41.6 Å². The van der Waals surface area contributed by atoms with Crippen LogP contribution in [0.4, 0.5) is 0 Å². The zero-order chi connectivity index (χ0) is 19.8. The van der Waals surface area contributed by atoms with Crippen molar-refractivity contribution >= 4 is 5.91 Å². The van der Waals surface area contributed by atoms with Crippen molar-refractivity contribution in [2.75, 3.05) is 20.7 Å². The number of ether oxygens (including phenoxy) is 1. The van der Waals surface area contributed by atoms with E-state index < -0.39 is 0 Å². The minimum Gasteiger partial charge on any atom is -0.483 e. The van der Waals surface area contributed by atoms with Gasteiger partial charge in [-0.2, -0.15) is 0 Å². The Morgan fingerprint density at radius 2 is 1.50 bits per heavy atom. The fraction of sp³-hybridized carbons (Fsp3) is 0.208. The highest BCUT2D eigenvalue weighted by molar-refractivity contribution is 5.78. The third-order valence-corrected chi connectivity index (χ3v) is 4.41. The first-order chi connectivity index (χ1) is 13.6. The fourth-order valence-electron chi connectivity index (χ4n) is 3.06. The predicted octanol–water partition coefficient (Wildman–Crippen LogP) is 4.11. The van der Waals surface area contributed by atoms with Crippen molar-refractivity contribution in [1.29, 1.82) is 0 Å². The molecule has 1 N–H and O–H groups in total. The number of amides is 1. The summed E-state index contributed by atoms with van der Waals surface area (Å²) in [4.78, 5) is 14.4. The summed E-state index contributed by atoms with van der Waals surface area (Å²) in [6.07, 6.45) is 0. The molecule has 0 heterocycles. The number of carbonyl (C=O) groups is 1. The highest BCUT2D eigenvalue weighted by Crippen LogP contribution is 2.29. The van der Waals surface area contributed by atoms with E-state index in [-0.39, 0.29) is 12.5 Å². The Morgan fingerprint density at radius 1 is 0.857 bits per heavy atom. The molecule has 0 aliphatic heterocycles. The Hall–Kier alpha value is -3.11. The maximum Gasteiger partial charge on any atom is 0.258 e. The lowest BCUT2D eigenvalue weighted by atomic mass is 10.1. The number of benzene rings is 3. The molecule has 0 saturated carbocycles. The maximum absolute atomic E-state index is 12.3. The average molecular weight is 374 g/mol. The first kappa shape index (κ1) is 19.6. The molecule has 144 valence electrons. The van der Waals surface area contributed by atoms with E-state index in [0.29, 0.717) is 12.3 Å². The van der Waals surface area contributed by atoms with Crippen LogP contribution in [0.2, 0.25) is 0 Å². The number of para-hydroxylation sites is 1. The molecule has 0 bridgehead atoms. The van der Waals surface area contributed by atoms with Gasteiger partial charge in [0.15, 0.2) is 6.61 Å². The summed E-state index contributed by atoms with van der Waals surface area (Å²) in [6.45, 7) is 1.32. The second-order valence-corrected chi connectivity index (χ2v) is 6.93. The van der Waals surface area contributed by atoms with E-state index in [1.54, 1.807) is 0 Å². The summed E-state index contributed by atoms with van der Waals surface area (Å²) in [6, 6.07) is 26.0. The third kappa shape index (κ3) is 5.44. The van der Waals surface area contributed by atoms with Crippen LogP contribution in [-0.2, 0) is 17.9 Å². The van der Waals surface area contributed by atoms with E-state index >= 15 is 0 Å². The molecule has 0 atom stereocenters. The first-order valence-electron chi connectivity index (χ1n) is 9.39. The van der Waals surface area contributed by atoms with Gasteiger partial charge in [0.2, 0.25) is 0 Å². The number of hydrogen-bond donors (Lipinski definition) is 1. The Labute approximate surface area is 166 Å². The lowest BCUT2D eigenvalue weighted by Crippen LogP contribution is -2.29. The number of nitrogens with zero attached hydrogens (tertiary/aromatic N) is 1. The third-order valence-electron chi connectivity index (χ3n) is 4.41. The average Bonchev–Trinajstić information content (AvgIpc) is 2.72. The highest BCUT2D eigenvalue weighted by atomic mass is 16.5. The second-order valence-electron chi connectivity index (χ2n) is 6.93. The molecule has 0 saturated heterocycles. The van der Waals surface area contributed by atoms with Crippen molar-refractivity contribution in [3.05, 3.63) is 90.0 Å². The van der Waals surface area contributed by atoms with Gasteiger partial charge in [0.05, 0.1) is 0 Å². The molecule has 0 unspecified atom stereocenters. The van der Waals surface area contributed by atoms with Crippen LogP contribution in [-0.4, -0.2) is 31.5 Å². The maximum atomic E-state index is 12.3. The van der Waals surface area contributed by atoms with E-state index in [0.717, 1.165) is 23.2 Å². The lowest BCUT2D eigenvalue weighted by Gasteiger charge is -2.15. The Bertz CT molecular complexity index is 907. The predicted molar refractivity (Wildman–Crippen MR) is 113 cm³/mol. The molecule has 3 rings (SSSR count). The van der Waals surface area contributed by atoms with Crippen LogP contribution < -0.4 is 10.1 Å². The molecule has 28 heavy (non-hydrogen) atoms. The summed E-state index contributed by atoms with van der Waals surface area (Å²) in [5.74, 6) is 0.569. The number of carbonyl (C=O) groups excluding carboxylic acids is 1. The van der Waals surface area contributed by atoms with Gasteiger partial charge in [-0.3, -0.25) is 4.79 Å². The molecule has 0 radical (unpaired) electrons. The van der Waals surface area contributed by atoms with Crippen molar-refractivity contribution < 1.29 is 9.53 Å². The van der Waals surface area contributed by atoms with Crippen LogP contribution in [0.25, 0.3) is 11.1 Å². The molecule has 0 aliphatic rings. The van der Waals surface area contributed by atoms with Gasteiger partial charge in [0.25, 0.3) is 5.91 Å². The van der Waals surface area contributed by atoms with Crippen LogP contribution in [0.5, 0.6) is 5.75 Å². The molecular formula is C24H26N2O2. The van der Waals surface area contributed by atoms with Gasteiger partial charge in [-0.15, -0.1) is 0 Å². The highest BCUT2D eigenvalue weighted by Gasteiger charge is 2.09. The van der Waals surface area contributed by atoms with Crippen LogP contribution in [0.1, 0.15) is 11.1 Å². The van der Waals surface area contributed by atoms with Crippen molar-refractivity contribution in [3.8, 4) is 16.9 Å². The first-order valence-corrected chi connectivity index (χ1v) is 9.39. The fourth-order valence-corrected chi connectivity index (χ4v) is 3.06. The number of hydrogen-bond acceptors (Lipinski definition) is 3. The quantitative estimate of drug-likeness (QED) is 0.645. The molecular weight excluding hydrogens is 348 g/mol. The summed E-state index contributed by atoms with van der Waals surface area (Å²) in [5, 5.41) is 2.96. The van der Waals surface area contributed by atoms with Crippen molar-refractivity contribution in [2.45, 2.75) is 13.1 Å². The van der Waals surface area contributed by atoms with Crippen LogP contribution in [0.15, 0.2) is 78.9 Å². The minimum absolute atomic E-state index is 0.0142. The van der Waals surface area contributed by atoms with E-state index in [4.69, 9.17) is 4.74 Å². The molecule has 0 aliphatic carbocycles. The van der Waals surface area contributed by atoms with E-state index in [1.807, 2.05) is 86.9 Å². The zero-order valence-electron chi connectivity index (χ0n) is 16.4. The number of nitrogens with one attached hydrogen (secondary N) is 1. The van der Waals surface area contributed by atoms with Crippen LogP contribution in [0.3, 0.4) is 0 Å². The molecule has 4 nitrogen and oxygen atoms in total. The van der Waals surface area contributed by atoms with Gasteiger partial charge in [-0.05, 0) is 36.9 Å². The summed E-state index contributed by atoms with van der Waals surface area (Å²) >= 11 is 0. The van der Waals surface area contributed by atoms with Gasteiger partial charge in [-0.25, -0.2) is 0 Å². The normalized spacial score (nSPS) is 10.7. The Morgan fingerprint density at radius 3 is 2.25 bits per heavy atom. The molecule has 0 aromatic heterocycles. The molecule has 3 aromatic rings. The molecule has 0 spiro atoms. The largest absolute Gasteiger partial charge is 0.483 e. The number of rotatable bonds is 8. The monoisotopic (exact) mass is 374 g/mol. The summed E-state index contributed by atoms with van der Waals surface area (Å²) in [7, 11) is 4.07. The molecule has 4 heteroatoms. The van der Waals surface area contributed by atoms with Crippen molar-refractivity contribution in [1.82, 2.24) is 10.2 Å². The standard InChI is InChI=1S/C24H26N2O2/c1-26(2)17-21-13-7-6-12-20(21)16-25-24(27)18-28-23-15-9-8-14-22(23)19-10-4-3-5-11-19/h3-15H,16-18H2,1-2H3,(H,25,27). The van der Waals surface area contributed by atoms with Crippen LogP contribution >= 0.6 is 0 Å². The van der Waals surface area contributed by atoms with Gasteiger partial charge >= 0.3 is 0 Å². The van der Waals surface area contributed by atoms with Gasteiger partial charge in [0, 0.05) is 18.7 Å². The molecule has 0 fully saturated rings. The van der Waals surface area contributed by atoms with Crippen molar-refractivity contribution in [2.24, 2.45) is 0 Å². The van der Waals surface area contributed by atoms with Gasteiger partial charge in [0.1, 0.15) is 5.75 Å². The summed E-state index contributed by atoms with van der Waals surface area (Å²) < 4.78 is 5.82. The van der Waals surface area contributed by atoms with E-state index in [1.165, 1.54) is 5.56 Å². The summed E-state index contributed by atoms with van der Waals surface area (Å²) in [5.41, 5.74) is 4.38. The second kappa shape index (κ2) is 9.72. The smallest absolute Gasteiger partial charge is 0.258 e. The Kier molecular flexibility index (Phi) is 6.82. The van der Waals surface area contributed by atoms with E-state index in [9.17, 15) is 4.79 Å². The molecule has 1 amide bonds.